The first-order valence-electron chi connectivity index (χ1n) is 11.5. The second-order valence-corrected chi connectivity index (χ2v) is 9.25. The van der Waals surface area contributed by atoms with Gasteiger partial charge in [0.05, 0.1) is 25.0 Å². The molecule has 4 heterocycles. The number of thiophene rings is 1. The molecule has 11 heteroatoms. The van der Waals surface area contributed by atoms with E-state index in [2.05, 4.69) is 44.8 Å². The van der Waals surface area contributed by atoms with Gasteiger partial charge in [-0.2, -0.15) is 0 Å². The van der Waals surface area contributed by atoms with Crippen LogP contribution >= 0.6 is 23.7 Å². The average Bonchev–Trinajstić information content (AvgIpc) is 3.52. The number of hydrogen-bond donors (Lipinski definition) is 1. The van der Waals surface area contributed by atoms with E-state index in [0.29, 0.717) is 25.1 Å². The predicted molar refractivity (Wildman–Crippen MR) is 134 cm³/mol. The third-order valence-corrected chi connectivity index (χ3v) is 6.90. The molecule has 5 rings (SSSR count). The SMILES string of the molecule is Cl.O=C1CCC(n2cc(-c3cscc3OCc3ccc(CCN4CCOCC4)cc3)nn2)C(=O)N1. The average molecular weight is 518 g/mol. The molecule has 2 aliphatic rings. The van der Waals surface area contributed by atoms with Crippen LogP contribution in [0.15, 0.2) is 41.2 Å². The van der Waals surface area contributed by atoms with Gasteiger partial charge in [-0.05, 0) is 24.0 Å². The van der Waals surface area contributed by atoms with Crippen molar-refractivity contribution < 1.29 is 19.1 Å². The number of rotatable bonds is 8. The van der Waals surface area contributed by atoms with Crippen molar-refractivity contribution in [1.29, 1.82) is 0 Å². The van der Waals surface area contributed by atoms with Gasteiger partial charge in [0.25, 0.3) is 5.91 Å². The molecule has 3 aromatic rings. The summed E-state index contributed by atoms with van der Waals surface area (Å²) in [6, 6.07) is 8.03. The van der Waals surface area contributed by atoms with Crippen LogP contribution in [0.5, 0.6) is 5.75 Å². The predicted octanol–water partition coefficient (Wildman–Crippen LogP) is 2.86. The number of imide groups is 1. The molecule has 35 heavy (non-hydrogen) atoms. The number of piperidine rings is 1. The van der Waals surface area contributed by atoms with Crippen molar-refractivity contribution in [3.63, 3.8) is 0 Å². The number of halogens is 1. The number of nitrogens with one attached hydrogen (secondary N) is 1. The number of carbonyl (C=O) groups excluding carboxylic acids is 2. The van der Waals surface area contributed by atoms with Crippen LogP contribution in [0.3, 0.4) is 0 Å². The van der Waals surface area contributed by atoms with Gasteiger partial charge in [-0.25, -0.2) is 4.68 Å². The molecule has 0 radical (unpaired) electrons. The monoisotopic (exact) mass is 517 g/mol. The van der Waals surface area contributed by atoms with Gasteiger partial charge in [-0.1, -0.05) is 29.5 Å². The Morgan fingerprint density at radius 2 is 1.89 bits per heavy atom. The fraction of sp³-hybridized carbons (Fsp3) is 0.417. The highest BCUT2D eigenvalue weighted by Gasteiger charge is 2.29. The van der Waals surface area contributed by atoms with Crippen molar-refractivity contribution in [2.75, 3.05) is 32.8 Å². The number of aromatic nitrogens is 3. The molecule has 0 spiro atoms. The van der Waals surface area contributed by atoms with Gasteiger partial charge in [0, 0.05) is 36.8 Å². The minimum absolute atomic E-state index is 0. The lowest BCUT2D eigenvalue weighted by Gasteiger charge is -2.26. The lowest BCUT2D eigenvalue weighted by Crippen LogP contribution is -2.41. The van der Waals surface area contributed by atoms with E-state index < -0.39 is 6.04 Å². The zero-order valence-corrected chi connectivity index (χ0v) is 20.9. The Balaban J connectivity index is 0.00000289. The minimum Gasteiger partial charge on any atom is -0.487 e. The van der Waals surface area contributed by atoms with Crippen LogP contribution < -0.4 is 10.1 Å². The van der Waals surface area contributed by atoms with Gasteiger partial charge in [-0.3, -0.25) is 19.8 Å². The van der Waals surface area contributed by atoms with Gasteiger partial charge >= 0.3 is 0 Å². The topological polar surface area (TPSA) is 98.6 Å². The standard InChI is InChI=1S/C24H27N5O4S.ClH/c30-23-6-5-21(24(31)25-23)29-13-20(26-27-29)19-15-34-16-22(19)33-14-18-3-1-17(2-4-18)7-8-28-9-11-32-12-10-28;/h1-4,13,15-16,21H,5-12,14H2,(H,25,30,31);1H. The van der Waals surface area contributed by atoms with Crippen molar-refractivity contribution in [2.45, 2.75) is 31.9 Å². The van der Waals surface area contributed by atoms with Crippen molar-refractivity contribution in [2.24, 2.45) is 0 Å². The molecule has 186 valence electrons. The molecule has 2 saturated heterocycles. The molecule has 1 aromatic carbocycles. The van der Waals surface area contributed by atoms with Crippen LogP contribution in [-0.4, -0.2) is 64.6 Å². The lowest BCUT2D eigenvalue weighted by molar-refractivity contribution is -0.136. The summed E-state index contributed by atoms with van der Waals surface area (Å²) < 4.78 is 13.0. The number of morpholine rings is 1. The first-order chi connectivity index (χ1) is 16.7. The summed E-state index contributed by atoms with van der Waals surface area (Å²) >= 11 is 1.52. The molecule has 9 nitrogen and oxygen atoms in total. The molecule has 2 aromatic heterocycles. The summed E-state index contributed by atoms with van der Waals surface area (Å²) in [4.78, 5) is 26.0. The molecular formula is C24H28ClN5O4S. The zero-order chi connectivity index (χ0) is 23.3. The van der Waals surface area contributed by atoms with E-state index in [1.165, 1.54) is 21.6 Å². The summed E-state index contributed by atoms with van der Waals surface area (Å²) in [5, 5.41) is 14.6. The summed E-state index contributed by atoms with van der Waals surface area (Å²) in [6.45, 7) is 5.18. The normalized spacial score (nSPS) is 18.7. The van der Waals surface area contributed by atoms with Crippen molar-refractivity contribution in [1.82, 2.24) is 25.2 Å². The van der Waals surface area contributed by atoms with Gasteiger partial charge < -0.3 is 9.47 Å². The van der Waals surface area contributed by atoms with Crippen molar-refractivity contribution in [3.05, 3.63) is 52.3 Å². The van der Waals surface area contributed by atoms with Crippen LogP contribution in [0.4, 0.5) is 0 Å². The maximum absolute atomic E-state index is 12.1. The van der Waals surface area contributed by atoms with Gasteiger partial charge in [0.2, 0.25) is 5.91 Å². The number of benzene rings is 1. The highest BCUT2D eigenvalue weighted by Crippen LogP contribution is 2.33. The Kier molecular flexibility index (Phi) is 8.50. The zero-order valence-electron chi connectivity index (χ0n) is 19.2. The molecule has 0 aliphatic carbocycles. The molecule has 2 aliphatic heterocycles. The first kappa shape index (κ1) is 25.3. The van der Waals surface area contributed by atoms with E-state index in [4.69, 9.17) is 9.47 Å². The maximum Gasteiger partial charge on any atom is 0.251 e. The molecular weight excluding hydrogens is 490 g/mol. The van der Waals surface area contributed by atoms with E-state index in [9.17, 15) is 9.59 Å². The number of carbonyl (C=O) groups is 2. The van der Waals surface area contributed by atoms with Crippen LogP contribution in [0, 0.1) is 0 Å². The fourth-order valence-corrected chi connectivity index (χ4v) is 4.91. The Morgan fingerprint density at radius 3 is 2.66 bits per heavy atom. The molecule has 0 saturated carbocycles. The number of ether oxygens (including phenoxy) is 2. The van der Waals surface area contributed by atoms with E-state index >= 15 is 0 Å². The van der Waals surface area contributed by atoms with Crippen LogP contribution in [0.25, 0.3) is 11.3 Å². The Bertz CT molecular complexity index is 1140. The smallest absolute Gasteiger partial charge is 0.251 e. The second-order valence-electron chi connectivity index (χ2n) is 8.51. The minimum atomic E-state index is -0.524. The van der Waals surface area contributed by atoms with E-state index in [0.717, 1.165) is 56.1 Å². The number of amides is 2. The number of hydrogen-bond acceptors (Lipinski definition) is 8. The van der Waals surface area contributed by atoms with Gasteiger partial charge in [-0.15, -0.1) is 28.8 Å². The Hall–Kier alpha value is -2.79. The quantitative estimate of drug-likeness (QED) is 0.459. The van der Waals surface area contributed by atoms with Crippen molar-refractivity contribution >= 4 is 35.6 Å². The summed E-state index contributed by atoms with van der Waals surface area (Å²) in [7, 11) is 0. The first-order valence-corrected chi connectivity index (χ1v) is 12.4. The molecule has 1 atom stereocenters. The largest absolute Gasteiger partial charge is 0.487 e. The third kappa shape index (κ3) is 6.26. The van der Waals surface area contributed by atoms with Crippen LogP contribution in [-0.2, 0) is 27.4 Å². The maximum atomic E-state index is 12.1. The molecule has 1 N–H and O–H groups in total. The fourth-order valence-electron chi connectivity index (χ4n) is 4.15. The Labute approximate surface area is 213 Å². The molecule has 2 amide bonds. The van der Waals surface area contributed by atoms with E-state index in [1.54, 1.807) is 6.20 Å². The second kappa shape index (κ2) is 11.8. The van der Waals surface area contributed by atoms with E-state index in [-0.39, 0.29) is 24.2 Å². The highest BCUT2D eigenvalue weighted by atomic mass is 35.5. The van der Waals surface area contributed by atoms with Crippen LogP contribution in [0.1, 0.15) is 30.0 Å². The highest BCUT2D eigenvalue weighted by molar-refractivity contribution is 7.08. The van der Waals surface area contributed by atoms with Crippen molar-refractivity contribution in [3.8, 4) is 17.0 Å². The summed E-state index contributed by atoms with van der Waals surface area (Å²) in [6.07, 6.45) is 3.48. The number of nitrogens with zero attached hydrogens (tertiary/aromatic N) is 4. The third-order valence-electron chi connectivity index (χ3n) is 6.18. The summed E-state index contributed by atoms with van der Waals surface area (Å²) in [5.41, 5.74) is 3.89. The summed E-state index contributed by atoms with van der Waals surface area (Å²) in [5.74, 6) is 0.139. The Morgan fingerprint density at radius 1 is 1.11 bits per heavy atom. The van der Waals surface area contributed by atoms with Gasteiger partial charge in [0.1, 0.15) is 24.1 Å². The van der Waals surface area contributed by atoms with E-state index in [1.807, 2.05) is 10.8 Å². The lowest BCUT2D eigenvalue weighted by atomic mass is 10.1. The van der Waals surface area contributed by atoms with Crippen LogP contribution in [0.2, 0.25) is 0 Å². The molecule has 1 unspecified atom stereocenters. The molecule has 2 fully saturated rings. The van der Waals surface area contributed by atoms with Gasteiger partial charge in [0.15, 0.2) is 0 Å². The molecule has 0 bridgehead atoms.